The Morgan fingerprint density at radius 2 is 1.76 bits per heavy atom. The molecule has 0 saturated carbocycles. The van der Waals surface area contributed by atoms with Gasteiger partial charge in [0.1, 0.15) is 0 Å². The highest BCUT2D eigenvalue weighted by atomic mass is 32.2. The maximum absolute atomic E-state index is 12.3. The zero-order valence-corrected chi connectivity index (χ0v) is 13.4. The lowest BCUT2D eigenvalue weighted by Crippen LogP contribution is -2.41. The Bertz CT molecular complexity index is 1070. The first-order chi connectivity index (χ1) is 11.9. The number of aromatic nitrogens is 1. The van der Waals surface area contributed by atoms with Crippen molar-refractivity contribution in [2.24, 2.45) is 0 Å². The Morgan fingerprint density at radius 1 is 1.08 bits per heavy atom. The first-order valence-electron chi connectivity index (χ1n) is 7.02. The van der Waals surface area contributed by atoms with Crippen LogP contribution in [0, 0.1) is 10.1 Å². The number of rotatable bonds is 5. The van der Waals surface area contributed by atoms with Crippen molar-refractivity contribution in [2.75, 3.05) is 0 Å². The first-order valence-corrected chi connectivity index (χ1v) is 8.50. The number of aromatic amines is 1. The zero-order chi connectivity index (χ0) is 18.0. The van der Waals surface area contributed by atoms with E-state index in [1.165, 1.54) is 18.3 Å². The number of nitro benzene ring substituents is 1. The maximum Gasteiger partial charge on any atom is 0.289 e. The van der Waals surface area contributed by atoms with Crippen LogP contribution in [-0.2, 0) is 10.0 Å². The van der Waals surface area contributed by atoms with Gasteiger partial charge in [-0.25, -0.2) is 8.42 Å². The molecule has 2 aromatic carbocycles. The number of H-pyrrole nitrogens is 1. The van der Waals surface area contributed by atoms with Crippen LogP contribution in [0.25, 0.3) is 10.9 Å². The number of benzene rings is 2. The van der Waals surface area contributed by atoms with Gasteiger partial charge in [0.2, 0.25) is 0 Å². The molecule has 3 N–H and O–H groups in total. The van der Waals surface area contributed by atoms with E-state index in [2.05, 4.69) is 10.4 Å². The van der Waals surface area contributed by atoms with Crippen LogP contribution in [0.5, 0.6) is 0 Å². The number of sulfonamides is 1. The van der Waals surface area contributed by atoms with Gasteiger partial charge in [0.05, 0.1) is 10.5 Å². The van der Waals surface area contributed by atoms with Gasteiger partial charge in [0.15, 0.2) is 4.90 Å². The third-order valence-electron chi connectivity index (χ3n) is 3.48. The van der Waals surface area contributed by atoms with Gasteiger partial charge in [-0.1, -0.05) is 30.3 Å². The Balaban J connectivity index is 1.83. The number of hydrazine groups is 1. The van der Waals surface area contributed by atoms with E-state index in [1.807, 2.05) is 4.83 Å². The molecular formula is C15H12N4O5S. The van der Waals surface area contributed by atoms with Crippen LogP contribution in [0.3, 0.4) is 0 Å². The molecule has 1 heterocycles. The molecule has 25 heavy (non-hydrogen) atoms. The minimum absolute atomic E-state index is 0.237. The topological polar surface area (TPSA) is 134 Å². The third-order valence-corrected chi connectivity index (χ3v) is 4.78. The summed E-state index contributed by atoms with van der Waals surface area (Å²) in [6.07, 6.45) is 1.44. The standard InChI is InChI=1S/C15H12N4O5S/c20-15(11-9-16-12-6-2-1-5-10(11)12)17-18-25(23,24)14-8-4-3-7-13(14)19(21)22/h1-9,16,18H,(H,17,20). The summed E-state index contributed by atoms with van der Waals surface area (Å²) in [4.78, 5) is 26.6. The first kappa shape index (κ1) is 16.6. The fourth-order valence-corrected chi connectivity index (χ4v) is 3.34. The number of hydrogen-bond donors (Lipinski definition) is 3. The van der Waals surface area contributed by atoms with Crippen LogP contribution < -0.4 is 10.3 Å². The summed E-state index contributed by atoms with van der Waals surface area (Å²) < 4.78 is 24.5. The largest absolute Gasteiger partial charge is 0.360 e. The molecule has 0 fully saturated rings. The van der Waals surface area contributed by atoms with Crippen LogP contribution in [-0.4, -0.2) is 24.2 Å². The predicted octanol–water partition coefficient (Wildman–Crippen LogP) is 1.70. The number of para-hydroxylation sites is 2. The van der Waals surface area contributed by atoms with E-state index in [1.54, 1.807) is 24.3 Å². The molecule has 0 unspecified atom stereocenters. The Labute approximate surface area is 141 Å². The van der Waals surface area contributed by atoms with Gasteiger partial charge in [-0.05, 0) is 12.1 Å². The fraction of sp³-hybridized carbons (Fsp3) is 0. The van der Waals surface area contributed by atoms with E-state index in [0.717, 1.165) is 12.1 Å². The SMILES string of the molecule is O=C(NNS(=O)(=O)c1ccccc1[N+](=O)[O-])c1c[nH]c2ccccc12. The second-order valence-corrected chi connectivity index (χ2v) is 6.68. The van der Waals surface area contributed by atoms with E-state index in [0.29, 0.717) is 10.9 Å². The summed E-state index contributed by atoms with van der Waals surface area (Å²) in [5.41, 5.74) is 2.43. The van der Waals surface area contributed by atoms with Crippen LogP contribution >= 0.6 is 0 Å². The molecule has 1 amide bonds. The van der Waals surface area contributed by atoms with Crippen molar-refractivity contribution in [3.63, 3.8) is 0 Å². The molecule has 1 aromatic heterocycles. The minimum Gasteiger partial charge on any atom is -0.360 e. The smallest absolute Gasteiger partial charge is 0.289 e. The maximum atomic E-state index is 12.3. The molecule has 0 aliphatic rings. The predicted molar refractivity (Wildman–Crippen MR) is 89.2 cm³/mol. The minimum atomic E-state index is -4.31. The van der Waals surface area contributed by atoms with Gasteiger partial charge in [-0.2, -0.15) is 0 Å². The second kappa shape index (κ2) is 6.34. The number of carbonyl (C=O) groups excluding carboxylic acids is 1. The van der Waals surface area contributed by atoms with E-state index in [-0.39, 0.29) is 5.56 Å². The number of nitrogens with one attached hydrogen (secondary N) is 3. The van der Waals surface area contributed by atoms with Gasteiger partial charge in [0, 0.05) is 23.2 Å². The summed E-state index contributed by atoms with van der Waals surface area (Å²) in [5, 5.41) is 11.6. The van der Waals surface area contributed by atoms with Crippen LogP contribution in [0.15, 0.2) is 59.6 Å². The van der Waals surface area contributed by atoms with Gasteiger partial charge < -0.3 is 4.98 Å². The highest BCUT2D eigenvalue weighted by Crippen LogP contribution is 2.22. The van der Waals surface area contributed by atoms with Crippen molar-refractivity contribution in [3.8, 4) is 0 Å². The van der Waals surface area contributed by atoms with E-state index >= 15 is 0 Å². The van der Waals surface area contributed by atoms with Crippen molar-refractivity contribution >= 4 is 32.5 Å². The molecule has 0 radical (unpaired) electrons. The molecule has 3 aromatic rings. The van der Waals surface area contributed by atoms with Gasteiger partial charge >= 0.3 is 0 Å². The number of fused-ring (bicyclic) bond motifs is 1. The lowest BCUT2D eigenvalue weighted by atomic mass is 10.2. The van der Waals surface area contributed by atoms with E-state index < -0.39 is 31.4 Å². The van der Waals surface area contributed by atoms with Crippen molar-refractivity contribution in [2.45, 2.75) is 4.90 Å². The number of amides is 1. The summed E-state index contributed by atoms with van der Waals surface area (Å²) in [7, 11) is -4.31. The fourth-order valence-electron chi connectivity index (χ4n) is 2.33. The molecule has 9 nitrogen and oxygen atoms in total. The Morgan fingerprint density at radius 3 is 2.52 bits per heavy atom. The molecule has 10 heteroatoms. The molecule has 0 bridgehead atoms. The van der Waals surface area contributed by atoms with Gasteiger partial charge in [-0.3, -0.25) is 20.3 Å². The average molecular weight is 360 g/mol. The summed E-state index contributed by atoms with van der Waals surface area (Å²) in [6.45, 7) is 0. The summed E-state index contributed by atoms with van der Waals surface area (Å²) in [5.74, 6) is -0.695. The molecule has 0 aliphatic carbocycles. The molecular weight excluding hydrogens is 348 g/mol. The Hall–Kier alpha value is -3.24. The number of nitrogens with zero attached hydrogens (tertiary/aromatic N) is 1. The highest BCUT2D eigenvalue weighted by molar-refractivity contribution is 7.89. The van der Waals surface area contributed by atoms with E-state index in [4.69, 9.17) is 0 Å². The molecule has 0 saturated heterocycles. The zero-order valence-electron chi connectivity index (χ0n) is 12.6. The van der Waals surface area contributed by atoms with Crippen molar-refractivity contribution in [3.05, 3.63) is 70.4 Å². The van der Waals surface area contributed by atoms with E-state index in [9.17, 15) is 23.3 Å². The molecule has 3 rings (SSSR count). The summed E-state index contributed by atoms with van der Waals surface area (Å²) >= 11 is 0. The highest BCUT2D eigenvalue weighted by Gasteiger charge is 2.25. The normalized spacial score (nSPS) is 11.4. The van der Waals surface area contributed by atoms with Crippen LogP contribution in [0.1, 0.15) is 10.4 Å². The van der Waals surface area contributed by atoms with Gasteiger partial charge in [0.25, 0.3) is 21.6 Å². The van der Waals surface area contributed by atoms with Crippen molar-refractivity contribution in [1.82, 2.24) is 15.2 Å². The molecule has 128 valence electrons. The molecule has 0 spiro atoms. The Kier molecular flexibility index (Phi) is 4.21. The number of carbonyl (C=O) groups is 1. The monoisotopic (exact) mass is 360 g/mol. The quantitative estimate of drug-likeness (QED) is 0.470. The van der Waals surface area contributed by atoms with Gasteiger partial charge in [-0.15, -0.1) is 4.83 Å². The molecule has 0 aliphatic heterocycles. The number of nitro groups is 1. The lowest BCUT2D eigenvalue weighted by molar-refractivity contribution is -0.387. The third kappa shape index (κ3) is 3.20. The van der Waals surface area contributed by atoms with Crippen LogP contribution in [0.4, 0.5) is 5.69 Å². The number of hydrogen-bond acceptors (Lipinski definition) is 5. The lowest BCUT2D eigenvalue weighted by Gasteiger charge is -2.08. The summed E-state index contributed by atoms with van der Waals surface area (Å²) in [6, 6.07) is 11.8. The second-order valence-electron chi connectivity index (χ2n) is 5.03. The average Bonchev–Trinajstić information content (AvgIpc) is 3.04. The van der Waals surface area contributed by atoms with Crippen molar-refractivity contribution < 1.29 is 18.1 Å². The molecule has 0 atom stereocenters. The van der Waals surface area contributed by atoms with Crippen LogP contribution in [0.2, 0.25) is 0 Å². The van der Waals surface area contributed by atoms with Crippen molar-refractivity contribution in [1.29, 1.82) is 0 Å².